The third-order valence-corrected chi connectivity index (χ3v) is 13.7. The summed E-state index contributed by atoms with van der Waals surface area (Å²) < 4.78 is 15.4. The van der Waals surface area contributed by atoms with Crippen molar-refractivity contribution in [3.63, 3.8) is 0 Å². The fourth-order valence-electron chi connectivity index (χ4n) is 9.57. The number of fused-ring (bicyclic) bond motifs is 7. The zero-order chi connectivity index (χ0) is 40.7. The van der Waals surface area contributed by atoms with Crippen LogP contribution in [0.4, 0.5) is 34.1 Å². The second-order valence-electron chi connectivity index (χ2n) is 20.1. The molecule has 3 aliphatic heterocycles. The first-order valence-corrected chi connectivity index (χ1v) is 21.5. The molecule has 9 rings (SSSR count). The number of rotatable bonds is 2. The molecule has 0 saturated carbocycles. The number of ether oxygens (including phenoxy) is 2. The molecule has 0 atom stereocenters. The predicted molar refractivity (Wildman–Crippen MR) is 247 cm³/mol. The van der Waals surface area contributed by atoms with Crippen LogP contribution >= 0.6 is 11.3 Å². The number of benzene rings is 5. The summed E-state index contributed by atoms with van der Waals surface area (Å²) in [5.41, 5.74) is 20.6. The molecule has 4 nitrogen and oxygen atoms in total. The Morgan fingerprint density at radius 3 is 1.54 bits per heavy atom. The third-order valence-electron chi connectivity index (χ3n) is 12.5. The van der Waals surface area contributed by atoms with Crippen LogP contribution in [0.1, 0.15) is 107 Å². The van der Waals surface area contributed by atoms with E-state index in [2.05, 4.69) is 173 Å². The second-order valence-corrected chi connectivity index (χ2v) is 21.2. The van der Waals surface area contributed by atoms with Crippen LogP contribution in [0.15, 0.2) is 66.7 Å². The maximum Gasteiger partial charge on any atom is 0.264 e. The van der Waals surface area contributed by atoms with E-state index < -0.39 is 0 Å². The molecule has 0 radical (unpaired) electrons. The summed E-state index contributed by atoms with van der Waals surface area (Å²) >= 11 is 1.96. The first-order chi connectivity index (χ1) is 26.7. The molecule has 0 bridgehead atoms. The second kappa shape index (κ2) is 12.7. The summed E-state index contributed by atoms with van der Waals surface area (Å²) in [5, 5.41) is 1.32. The summed E-state index contributed by atoms with van der Waals surface area (Å²) in [7, 11) is 0. The van der Waals surface area contributed by atoms with Crippen LogP contribution in [0.2, 0.25) is 0 Å². The lowest BCUT2D eigenvalue weighted by atomic mass is 9.36. The normalized spacial score (nSPS) is 14.9. The Morgan fingerprint density at radius 1 is 0.526 bits per heavy atom. The summed E-state index contributed by atoms with van der Waals surface area (Å²) in [6.07, 6.45) is 0. The first-order valence-electron chi connectivity index (χ1n) is 20.7. The van der Waals surface area contributed by atoms with Gasteiger partial charge in [-0.2, -0.15) is 0 Å². The number of aryl methyl sites for hydroxylation is 5. The van der Waals surface area contributed by atoms with E-state index in [0.717, 1.165) is 17.2 Å². The molecule has 0 aliphatic carbocycles. The van der Waals surface area contributed by atoms with Gasteiger partial charge in [-0.25, -0.2) is 0 Å². The highest BCUT2D eigenvalue weighted by atomic mass is 32.1. The summed E-state index contributed by atoms with van der Waals surface area (Å²) in [6.45, 7) is 33.4. The highest BCUT2D eigenvalue weighted by Crippen LogP contribution is 2.52. The number of nitrogens with zero attached hydrogens (tertiary/aromatic N) is 2. The quantitative estimate of drug-likeness (QED) is 0.163. The van der Waals surface area contributed by atoms with Gasteiger partial charge in [0, 0.05) is 38.0 Å². The summed E-state index contributed by atoms with van der Waals surface area (Å²) in [4.78, 5) is 5.22. The van der Waals surface area contributed by atoms with Crippen LogP contribution in [-0.4, -0.2) is 19.9 Å². The molecule has 1 aromatic heterocycles. The third kappa shape index (κ3) is 5.91. The Labute approximate surface area is 344 Å². The van der Waals surface area contributed by atoms with Gasteiger partial charge in [0.05, 0.1) is 17.1 Å². The van der Waals surface area contributed by atoms with Crippen molar-refractivity contribution in [1.29, 1.82) is 0 Å². The molecule has 0 saturated heterocycles. The van der Waals surface area contributed by atoms with Gasteiger partial charge in [0.15, 0.2) is 11.5 Å². The molecule has 5 aromatic carbocycles. The Balaban J connectivity index is 1.43. The van der Waals surface area contributed by atoms with Gasteiger partial charge in [0.2, 0.25) is 0 Å². The van der Waals surface area contributed by atoms with Gasteiger partial charge in [-0.05, 0) is 137 Å². The monoisotopic (exact) mass is 772 g/mol. The standard InChI is InChI=1S/C51H57BN2O2S/c1-28-19-39-44-40(20-28)54(46-31(4)23-35(24-32(46)5)51(12,13)14)47-36-25-33(49(6,7)8)15-16-43(36)57-48(47)52(44)37-26-41-42(56-18-17-55-41)27-38(37)53(39)45-29(2)21-34(22-30(45)3)50(9,10)11/h15-16,19-27H,17-18H2,1-14H3. The van der Waals surface area contributed by atoms with E-state index in [0.29, 0.717) is 13.2 Å². The van der Waals surface area contributed by atoms with Crippen LogP contribution < -0.4 is 35.0 Å². The molecule has 4 heterocycles. The smallest absolute Gasteiger partial charge is 0.264 e. The minimum atomic E-state index is 0.00309. The molecule has 0 N–H and O–H groups in total. The van der Waals surface area contributed by atoms with Gasteiger partial charge in [-0.3, -0.25) is 0 Å². The van der Waals surface area contributed by atoms with Crippen LogP contribution in [0.25, 0.3) is 10.1 Å². The van der Waals surface area contributed by atoms with E-state index in [1.54, 1.807) is 0 Å². The van der Waals surface area contributed by atoms with Crippen molar-refractivity contribution in [1.82, 2.24) is 0 Å². The minimum Gasteiger partial charge on any atom is -0.486 e. The van der Waals surface area contributed by atoms with Gasteiger partial charge in [-0.1, -0.05) is 92.6 Å². The van der Waals surface area contributed by atoms with Gasteiger partial charge in [0.1, 0.15) is 13.2 Å². The lowest BCUT2D eigenvalue weighted by Crippen LogP contribution is -2.60. The average molecular weight is 773 g/mol. The van der Waals surface area contributed by atoms with Gasteiger partial charge in [-0.15, -0.1) is 11.3 Å². The maximum absolute atomic E-state index is 6.39. The predicted octanol–water partition coefficient (Wildman–Crippen LogP) is 12.2. The van der Waals surface area contributed by atoms with Crippen molar-refractivity contribution in [2.45, 2.75) is 113 Å². The number of thiophene rings is 1. The largest absolute Gasteiger partial charge is 0.486 e. The van der Waals surface area contributed by atoms with Crippen molar-refractivity contribution in [2.75, 3.05) is 23.0 Å². The fourth-order valence-corrected chi connectivity index (χ4v) is 10.9. The first kappa shape index (κ1) is 37.9. The highest BCUT2D eigenvalue weighted by molar-refractivity contribution is 7.33. The van der Waals surface area contributed by atoms with Gasteiger partial charge >= 0.3 is 0 Å². The van der Waals surface area contributed by atoms with Crippen LogP contribution in [0.3, 0.4) is 0 Å². The molecular weight excluding hydrogens is 715 g/mol. The number of hydrogen-bond acceptors (Lipinski definition) is 5. The lowest BCUT2D eigenvalue weighted by Gasteiger charge is -2.45. The van der Waals surface area contributed by atoms with E-state index in [4.69, 9.17) is 9.47 Å². The van der Waals surface area contributed by atoms with E-state index in [9.17, 15) is 0 Å². The Hall–Kier alpha value is -4.68. The Kier molecular flexibility index (Phi) is 8.41. The van der Waals surface area contributed by atoms with E-state index in [1.807, 2.05) is 11.3 Å². The van der Waals surface area contributed by atoms with Crippen molar-refractivity contribution in [2.24, 2.45) is 0 Å². The lowest BCUT2D eigenvalue weighted by molar-refractivity contribution is 0.172. The van der Waals surface area contributed by atoms with Crippen molar-refractivity contribution in [3.05, 3.63) is 111 Å². The molecular formula is C51H57BN2O2S. The molecule has 57 heavy (non-hydrogen) atoms. The average Bonchev–Trinajstić information content (AvgIpc) is 3.49. The molecule has 0 fully saturated rings. The van der Waals surface area contributed by atoms with E-state index in [1.165, 1.54) is 98.7 Å². The maximum atomic E-state index is 6.39. The molecule has 292 valence electrons. The van der Waals surface area contributed by atoms with Crippen molar-refractivity contribution < 1.29 is 9.47 Å². The molecule has 0 spiro atoms. The SMILES string of the molecule is Cc1cc2c3c(c1)N(c1c(C)cc(C(C)(C)C)cc1C)c1c(sc4ccc(C(C)(C)C)cc14)B3c1cc3c(cc1N2c1c(C)cc(C(C)(C)C)cc1C)OCCO3. The zero-order valence-electron chi connectivity index (χ0n) is 36.5. The summed E-state index contributed by atoms with van der Waals surface area (Å²) in [5.74, 6) is 1.65. The fraction of sp³-hybridized carbons (Fsp3) is 0.373. The molecule has 6 aromatic rings. The Bertz CT molecular complexity index is 2620. The number of anilines is 6. The molecule has 0 amide bonds. The molecule has 0 unspecified atom stereocenters. The van der Waals surface area contributed by atoms with Crippen LogP contribution in [0.5, 0.6) is 11.5 Å². The van der Waals surface area contributed by atoms with E-state index in [-0.39, 0.29) is 23.0 Å². The Morgan fingerprint density at radius 2 is 1.02 bits per heavy atom. The van der Waals surface area contributed by atoms with Gasteiger partial charge in [0.25, 0.3) is 6.71 Å². The van der Waals surface area contributed by atoms with Gasteiger partial charge < -0.3 is 19.3 Å². The van der Waals surface area contributed by atoms with Crippen LogP contribution in [0, 0.1) is 34.6 Å². The topological polar surface area (TPSA) is 24.9 Å². The number of hydrogen-bond donors (Lipinski definition) is 0. The molecule has 6 heteroatoms. The molecule has 3 aliphatic rings. The highest BCUT2D eigenvalue weighted by Gasteiger charge is 2.47. The van der Waals surface area contributed by atoms with Crippen molar-refractivity contribution in [3.8, 4) is 11.5 Å². The van der Waals surface area contributed by atoms with Crippen LogP contribution in [-0.2, 0) is 16.2 Å². The summed E-state index contributed by atoms with van der Waals surface area (Å²) in [6, 6.07) is 26.3. The van der Waals surface area contributed by atoms with Crippen molar-refractivity contribution >= 4 is 78.0 Å². The van der Waals surface area contributed by atoms with E-state index >= 15 is 0 Å². The zero-order valence-corrected chi connectivity index (χ0v) is 37.3. The minimum absolute atomic E-state index is 0.00309.